The van der Waals surface area contributed by atoms with Gasteiger partial charge in [0.1, 0.15) is 16.6 Å². The van der Waals surface area contributed by atoms with Gasteiger partial charge in [-0.3, -0.25) is 0 Å². The number of nitriles is 1. The van der Waals surface area contributed by atoms with Crippen molar-refractivity contribution < 1.29 is 0 Å². The molecule has 0 atom stereocenters. The van der Waals surface area contributed by atoms with Gasteiger partial charge in [-0.2, -0.15) is 5.26 Å². The molecule has 2 aromatic heterocycles. The van der Waals surface area contributed by atoms with E-state index in [1.165, 1.54) is 11.3 Å². The quantitative estimate of drug-likeness (QED) is 0.708. The number of thiophene rings is 1. The first kappa shape index (κ1) is 7.71. The summed E-state index contributed by atoms with van der Waals surface area (Å²) in [6, 6.07) is 7.63. The zero-order valence-corrected chi connectivity index (χ0v) is 8.32. The summed E-state index contributed by atoms with van der Waals surface area (Å²) in [6.07, 6.45) is 0. The van der Waals surface area contributed by atoms with E-state index in [1.54, 1.807) is 6.07 Å². The van der Waals surface area contributed by atoms with Gasteiger partial charge < -0.3 is 0 Å². The van der Waals surface area contributed by atoms with Crippen molar-refractivity contribution in [2.24, 2.45) is 0 Å². The van der Waals surface area contributed by atoms with Crippen LogP contribution >= 0.6 is 27.3 Å². The predicted molar refractivity (Wildman–Crippen MR) is 52.0 cm³/mol. The molecule has 2 aromatic rings. The minimum absolute atomic E-state index is 0.469. The third-order valence-electron chi connectivity index (χ3n) is 1.47. The van der Waals surface area contributed by atoms with Crippen molar-refractivity contribution in [2.75, 3.05) is 0 Å². The number of aromatic nitrogens is 1. The van der Waals surface area contributed by atoms with E-state index in [-0.39, 0.29) is 0 Å². The van der Waals surface area contributed by atoms with Gasteiger partial charge >= 0.3 is 0 Å². The number of rotatable bonds is 0. The molecule has 0 saturated carbocycles. The van der Waals surface area contributed by atoms with Crippen molar-refractivity contribution in [2.45, 2.75) is 0 Å². The topological polar surface area (TPSA) is 36.7 Å². The molecule has 0 aromatic carbocycles. The molecule has 0 spiro atoms. The van der Waals surface area contributed by atoms with Crippen LogP contribution in [0.3, 0.4) is 0 Å². The Morgan fingerprint density at radius 3 is 3.08 bits per heavy atom. The SMILES string of the molecule is N#Cc1ccc2cc(Br)sc2n1. The summed E-state index contributed by atoms with van der Waals surface area (Å²) in [4.78, 5) is 5.05. The van der Waals surface area contributed by atoms with Crippen LogP contribution in [0.1, 0.15) is 5.69 Å². The smallest absolute Gasteiger partial charge is 0.142 e. The van der Waals surface area contributed by atoms with Gasteiger partial charge in [0.15, 0.2) is 0 Å². The van der Waals surface area contributed by atoms with Gasteiger partial charge in [-0.1, -0.05) is 0 Å². The Morgan fingerprint density at radius 1 is 1.50 bits per heavy atom. The summed E-state index contributed by atoms with van der Waals surface area (Å²) < 4.78 is 1.04. The predicted octanol–water partition coefficient (Wildman–Crippen LogP) is 2.93. The number of hydrogen-bond acceptors (Lipinski definition) is 3. The van der Waals surface area contributed by atoms with Crippen molar-refractivity contribution >= 4 is 37.5 Å². The molecule has 0 radical (unpaired) electrons. The number of halogens is 1. The number of fused-ring (bicyclic) bond motifs is 1. The summed E-state index contributed by atoms with van der Waals surface area (Å²) in [5, 5.41) is 9.66. The highest BCUT2D eigenvalue weighted by Gasteiger charge is 2.00. The first-order valence-corrected chi connectivity index (χ1v) is 4.87. The van der Waals surface area contributed by atoms with Crippen molar-refractivity contribution in [3.63, 3.8) is 0 Å². The van der Waals surface area contributed by atoms with Crippen LogP contribution in [-0.4, -0.2) is 4.98 Å². The van der Waals surface area contributed by atoms with Gasteiger partial charge in [-0.05, 0) is 34.1 Å². The van der Waals surface area contributed by atoms with Gasteiger partial charge in [-0.15, -0.1) is 11.3 Å². The summed E-state index contributed by atoms with van der Waals surface area (Å²) in [5.74, 6) is 0. The summed E-state index contributed by atoms with van der Waals surface area (Å²) in [6.45, 7) is 0. The Kier molecular flexibility index (Phi) is 1.83. The standard InChI is InChI=1S/C8H3BrN2S/c9-7-3-5-1-2-6(4-10)11-8(5)12-7/h1-3H. The van der Waals surface area contributed by atoms with Crippen LogP contribution in [0.25, 0.3) is 10.2 Å². The van der Waals surface area contributed by atoms with Crippen LogP contribution < -0.4 is 0 Å². The molecule has 0 saturated heterocycles. The van der Waals surface area contributed by atoms with Crippen molar-refractivity contribution in [1.29, 1.82) is 5.26 Å². The van der Waals surface area contributed by atoms with Gasteiger partial charge in [0.05, 0.1) is 3.79 Å². The van der Waals surface area contributed by atoms with E-state index in [9.17, 15) is 0 Å². The zero-order valence-electron chi connectivity index (χ0n) is 5.91. The van der Waals surface area contributed by atoms with Crippen LogP contribution in [0.2, 0.25) is 0 Å². The second-order valence-electron chi connectivity index (χ2n) is 2.25. The van der Waals surface area contributed by atoms with Gasteiger partial charge in [-0.25, -0.2) is 4.98 Å². The first-order valence-electron chi connectivity index (χ1n) is 3.26. The monoisotopic (exact) mass is 238 g/mol. The summed E-state index contributed by atoms with van der Waals surface area (Å²) >= 11 is 4.90. The molecule has 4 heteroatoms. The number of pyridine rings is 1. The van der Waals surface area contributed by atoms with Crippen molar-refractivity contribution in [1.82, 2.24) is 4.98 Å². The van der Waals surface area contributed by atoms with E-state index < -0.39 is 0 Å². The van der Waals surface area contributed by atoms with Gasteiger partial charge in [0.25, 0.3) is 0 Å². The maximum atomic E-state index is 8.58. The molecule has 0 bridgehead atoms. The third kappa shape index (κ3) is 1.22. The highest BCUT2D eigenvalue weighted by Crippen LogP contribution is 2.27. The molecule has 0 aliphatic heterocycles. The fraction of sp³-hybridized carbons (Fsp3) is 0. The van der Waals surface area contributed by atoms with E-state index in [0.29, 0.717) is 5.69 Å². The van der Waals surface area contributed by atoms with Crippen LogP contribution in [-0.2, 0) is 0 Å². The largest absolute Gasteiger partial charge is 0.226 e. The lowest BCUT2D eigenvalue weighted by Crippen LogP contribution is -1.78. The molecule has 2 heterocycles. The third-order valence-corrected chi connectivity index (χ3v) is 3.02. The molecular weight excluding hydrogens is 236 g/mol. The molecule has 0 aliphatic rings. The number of hydrogen-bond donors (Lipinski definition) is 0. The van der Waals surface area contributed by atoms with Crippen molar-refractivity contribution in [3.8, 4) is 6.07 Å². The highest BCUT2D eigenvalue weighted by atomic mass is 79.9. The van der Waals surface area contributed by atoms with Crippen LogP contribution in [0.15, 0.2) is 22.0 Å². The minimum Gasteiger partial charge on any atom is -0.226 e. The molecule has 0 N–H and O–H groups in total. The lowest BCUT2D eigenvalue weighted by Gasteiger charge is -1.87. The maximum absolute atomic E-state index is 8.58. The molecule has 2 rings (SSSR count). The Bertz CT molecular complexity index is 469. The van der Waals surface area contributed by atoms with Crippen LogP contribution in [0.5, 0.6) is 0 Å². The molecule has 58 valence electrons. The summed E-state index contributed by atoms with van der Waals surface area (Å²) in [7, 11) is 0. The van der Waals surface area contributed by atoms with E-state index in [4.69, 9.17) is 5.26 Å². The molecule has 2 nitrogen and oxygen atoms in total. The normalized spacial score (nSPS) is 10.0. The second kappa shape index (κ2) is 2.85. The fourth-order valence-corrected chi connectivity index (χ4v) is 2.42. The maximum Gasteiger partial charge on any atom is 0.142 e. The molecule has 0 unspecified atom stereocenters. The Balaban J connectivity index is 2.77. The first-order chi connectivity index (χ1) is 5.79. The number of nitrogens with zero attached hydrogens (tertiary/aromatic N) is 2. The second-order valence-corrected chi connectivity index (χ2v) is 4.66. The average molecular weight is 239 g/mol. The van der Waals surface area contributed by atoms with Crippen molar-refractivity contribution in [3.05, 3.63) is 27.7 Å². The molecule has 0 amide bonds. The molecule has 0 fully saturated rings. The van der Waals surface area contributed by atoms with Crippen LogP contribution in [0, 0.1) is 11.3 Å². The van der Waals surface area contributed by atoms with Crippen LogP contribution in [0.4, 0.5) is 0 Å². The fourth-order valence-electron chi connectivity index (χ4n) is 0.949. The Hall–Kier alpha value is -0.920. The van der Waals surface area contributed by atoms with E-state index in [2.05, 4.69) is 20.9 Å². The van der Waals surface area contributed by atoms with E-state index in [0.717, 1.165) is 14.0 Å². The highest BCUT2D eigenvalue weighted by molar-refractivity contribution is 9.11. The summed E-state index contributed by atoms with van der Waals surface area (Å²) in [5.41, 5.74) is 0.469. The molecule has 0 aliphatic carbocycles. The van der Waals surface area contributed by atoms with E-state index in [1.807, 2.05) is 18.2 Å². The molecule has 12 heavy (non-hydrogen) atoms. The minimum atomic E-state index is 0.469. The molecular formula is C8H3BrN2S. The lowest BCUT2D eigenvalue weighted by atomic mass is 10.3. The van der Waals surface area contributed by atoms with Gasteiger partial charge in [0, 0.05) is 5.39 Å². The van der Waals surface area contributed by atoms with Gasteiger partial charge in [0.2, 0.25) is 0 Å². The average Bonchev–Trinajstić information content (AvgIpc) is 2.43. The Morgan fingerprint density at radius 2 is 2.33 bits per heavy atom. The lowest BCUT2D eigenvalue weighted by molar-refractivity contribution is 1.34. The Labute approximate surface area is 81.6 Å². The zero-order chi connectivity index (χ0) is 8.55. The van der Waals surface area contributed by atoms with E-state index >= 15 is 0 Å².